The van der Waals surface area contributed by atoms with Crippen LogP contribution in [0, 0.1) is 0 Å². The standard InChI is InChI=1S/C25H25NO5/c1-2-29-24(25(27)28)17-18-9-3-6-12-21(18)30-16-15-26-19-10-4-7-13-22(19)31-23-14-8-5-11-20(23)26/h3-14,24H,2,15-17H2,1H3,(H,27,28)/t24-/m0/s1. The highest BCUT2D eigenvalue weighted by molar-refractivity contribution is 5.77. The van der Waals surface area contributed by atoms with Crippen molar-refractivity contribution in [2.75, 3.05) is 24.7 Å². The first-order chi connectivity index (χ1) is 15.2. The number of carbonyl (C=O) groups is 1. The highest BCUT2D eigenvalue weighted by atomic mass is 16.5. The van der Waals surface area contributed by atoms with E-state index < -0.39 is 12.1 Å². The first-order valence-electron chi connectivity index (χ1n) is 10.4. The van der Waals surface area contributed by atoms with Crippen molar-refractivity contribution in [3.8, 4) is 17.2 Å². The van der Waals surface area contributed by atoms with Gasteiger partial charge in [0.15, 0.2) is 17.6 Å². The van der Waals surface area contributed by atoms with Gasteiger partial charge in [-0.3, -0.25) is 0 Å². The number of ether oxygens (including phenoxy) is 3. The van der Waals surface area contributed by atoms with Gasteiger partial charge in [0, 0.05) is 13.0 Å². The number of anilines is 2. The van der Waals surface area contributed by atoms with Crippen LogP contribution in [0.1, 0.15) is 12.5 Å². The van der Waals surface area contributed by atoms with Gasteiger partial charge in [0.1, 0.15) is 12.4 Å². The van der Waals surface area contributed by atoms with Crippen LogP contribution in [-0.4, -0.2) is 36.9 Å². The molecule has 1 atom stereocenters. The third-order valence-corrected chi connectivity index (χ3v) is 5.13. The smallest absolute Gasteiger partial charge is 0.333 e. The number of carboxylic acids is 1. The van der Waals surface area contributed by atoms with E-state index in [-0.39, 0.29) is 6.42 Å². The van der Waals surface area contributed by atoms with Crippen LogP contribution >= 0.6 is 0 Å². The van der Waals surface area contributed by atoms with Gasteiger partial charge < -0.3 is 24.2 Å². The van der Waals surface area contributed by atoms with E-state index in [1.165, 1.54) is 0 Å². The third kappa shape index (κ3) is 4.64. The Morgan fingerprint density at radius 3 is 2.23 bits per heavy atom. The highest BCUT2D eigenvalue weighted by Crippen LogP contribution is 2.45. The number of hydrogen-bond acceptors (Lipinski definition) is 5. The van der Waals surface area contributed by atoms with E-state index >= 15 is 0 Å². The average Bonchev–Trinajstić information content (AvgIpc) is 2.79. The molecule has 0 saturated carbocycles. The monoisotopic (exact) mass is 419 g/mol. The molecule has 3 aromatic rings. The summed E-state index contributed by atoms with van der Waals surface area (Å²) in [6.45, 7) is 3.16. The Labute approximate surface area is 181 Å². The molecule has 31 heavy (non-hydrogen) atoms. The predicted molar refractivity (Wildman–Crippen MR) is 119 cm³/mol. The summed E-state index contributed by atoms with van der Waals surface area (Å²) in [5.41, 5.74) is 2.78. The summed E-state index contributed by atoms with van der Waals surface area (Å²) in [6.07, 6.45) is -0.643. The summed E-state index contributed by atoms with van der Waals surface area (Å²) in [6, 6.07) is 23.3. The van der Waals surface area contributed by atoms with Crippen molar-refractivity contribution in [2.24, 2.45) is 0 Å². The fourth-order valence-corrected chi connectivity index (χ4v) is 3.70. The van der Waals surface area contributed by atoms with Gasteiger partial charge in [-0.2, -0.15) is 0 Å². The van der Waals surface area contributed by atoms with Gasteiger partial charge in [-0.05, 0) is 42.8 Å². The Hall–Kier alpha value is -3.51. The maximum atomic E-state index is 11.5. The molecule has 1 aliphatic heterocycles. The Bertz CT molecular complexity index is 1010. The van der Waals surface area contributed by atoms with Crippen molar-refractivity contribution in [3.63, 3.8) is 0 Å². The van der Waals surface area contributed by atoms with Crippen LogP contribution in [0.25, 0.3) is 0 Å². The van der Waals surface area contributed by atoms with Gasteiger partial charge in [0.25, 0.3) is 0 Å². The van der Waals surface area contributed by atoms with Gasteiger partial charge in [0.2, 0.25) is 0 Å². The molecule has 1 aliphatic rings. The molecule has 0 unspecified atom stereocenters. The molecule has 1 N–H and O–H groups in total. The number of benzene rings is 3. The summed E-state index contributed by atoms with van der Waals surface area (Å²) >= 11 is 0. The Morgan fingerprint density at radius 1 is 0.968 bits per heavy atom. The van der Waals surface area contributed by atoms with Crippen molar-refractivity contribution < 1.29 is 24.1 Å². The Kier molecular flexibility index (Phi) is 6.38. The summed E-state index contributed by atoms with van der Waals surface area (Å²) in [7, 11) is 0. The first kappa shape index (κ1) is 20.8. The lowest BCUT2D eigenvalue weighted by molar-refractivity contribution is -0.149. The Morgan fingerprint density at radius 2 is 1.58 bits per heavy atom. The second-order valence-corrected chi connectivity index (χ2v) is 7.13. The summed E-state index contributed by atoms with van der Waals surface area (Å²) < 4.78 is 17.5. The lowest BCUT2D eigenvalue weighted by Crippen LogP contribution is -2.27. The molecule has 0 fully saturated rings. The largest absolute Gasteiger partial charge is 0.491 e. The maximum Gasteiger partial charge on any atom is 0.333 e. The topological polar surface area (TPSA) is 68.2 Å². The summed E-state index contributed by atoms with van der Waals surface area (Å²) in [5, 5.41) is 9.40. The van der Waals surface area contributed by atoms with E-state index in [1.807, 2.05) is 72.8 Å². The van der Waals surface area contributed by atoms with Gasteiger partial charge in [-0.25, -0.2) is 4.79 Å². The summed E-state index contributed by atoms with van der Waals surface area (Å²) in [5.74, 6) is 1.31. The number of para-hydroxylation sites is 5. The van der Waals surface area contributed by atoms with E-state index in [2.05, 4.69) is 4.90 Å². The second kappa shape index (κ2) is 9.53. The molecule has 6 nitrogen and oxygen atoms in total. The van der Waals surface area contributed by atoms with Crippen molar-refractivity contribution in [3.05, 3.63) is 78.4 Å². The first-order valence-corrected chi connectivity index (χ1v) is 10.4. The number of hydrogen-bond donors (Lipinski definition) is 1. The molecule has 160 valence electrons. The van der Waals surface area contributed by atoms with Gasteiger partial charge in [-0.15, -0.1) is 0 Å². The van der Waals surface area contributed by atoms with Gasteiger partial charge in [0.05, 0.1) is 17.9 Å². The Balaban J connectivity index is 1.49. The van der Waals surface area contributed by atoms with Crippen molar-refractivity contribution in [1.29, 1.82) is 0 Å². The van der Waals surface area contributed by atoms with Gasteiger partial charge in [-0.1, -0.05) is 42.5 Å². The second-order valence-electron chi connectivity index (χ2n) is 7.13. The minimum atomic E-state index is -0.974. The molecular formula is C25H25NO5. The zero-order valence-electron chi connectivity index (χ0n) is 17.4. The quantitative estimate of drug-likeness (QED) is 0.524. The van der Waals surface area contributed by atoms with Gasteiger partial charge >= 0.3 is 5.97 Å². The average molecular weight is 419 g/mol. The lowest BCUT2D eigenvalue weighted by Gasteiger charge is -2.32. The minimum Gasteiger partial charge on any atom is -0.491 e. The molecule has 0 saturated heterocycles. The van der Waals surface area contributed by atoms with Crippen LogP contribution < -0.4 is 14.4 Å². The fourth-order valence-electron chi connectivity index (χ4n) is 3.70. The fraction of sp³-hybridized carbons (Fsp3) is 0.240. The molecule has 3 aromatic carbocycles. The lowest BCUT2D eigenvalue weighted by atomic mass is 10.1. The number of fused-ring (bicyclic) bond motifs is 2. The van der Waals surface area contributed by atoms with E-state index in [1.54, 1.807) is 6.92 Å². The molecule has 0 bridgehead atoms. The molecule has 0 amide bonds. The van der Waals surface area contributed by atoms with Crippen molar-refractivity contribution in [1.82, 2.24) is 0 Å². The van der Waals surface area contributed by atoms with E-state index in [0.29, 0.717) is 25.5 Å². The van der Waals surface area contributed by atoms with Crippen LogP contribution in [0.4, 0.5) is 11.4 Å². The van der Waals surface area contributed by atoms with Crippen molar-refractivity contribution >= 4 is 17.3 Å². The molecule has 0 aliphatic carbocycles. The van der Waals surface area contributed by atoms with Crippen LogP contribution in [0.2, 0.25) is 0 Å². The zero-order valence-corrected chi connectivity index (χ0v) is 17.4. The minimum absolute atomic E-state index is 0.253. The molecule has 4 rings (SSSR count). The third-order valence-electron chi connectivity index (χ3n) is 5.13. The molecule has 0 radical (unpaired) electrons. The molecule has 1 heterocycles. The maximum absolute atomic E-state index is 11.5. The number of aliphatic carboxylic acids is 1. The summed E-state index contributed by atoms with van der Waals surface area (Å²) in [4.78, 5) is 13.7. The van der Waals surface area contributed by atoms with E-state index in [4.69, 9.17) is 14.2 Å². The normalized spacial score (nSPS) is 13.0. The van der Waals surface area contributed by atoms with Crippen LogP contribution in [0.15, 0.2) is 72.8 Å². The number of nitrogens with zero attached hydrogens (tertiary/aromatic N) is 1. The highest BCUT2D eigenvalue weighted by Gasteiger charge is 2.24. The van der Waals surface area contributed by atoms with E-state index in [9.17, 15) is 9.90 Å². The molecule has 0 aromatic heterocycles. The van der Waals surface area contributed by atoms with Crippen LogP contribution in [0.3, 0.4) is 0 Å². The zero-order chi connectivity index (χ0) is 21.6. The molecular weight excluding hydrogens is 394 g/mol. The SMILES string of the molecule is CCO[C@@H](Cc1ccccc1OCCN1c2ccccc2Oc2ccccc21)C(=O)O. The number of rotatable bonds is 9. The predicted octanol–water partition coefficient (Wildman–Crippen LogP) is 5.04. The molecule has 0 spiro atoms. The van der Waals surface area contributed by atoms with Crippen LogP contribution in [-0.2, 0) is 16.0 Å². The van der Waals surface area contributed by atoms with Crippen molar-refractivity contribution in [2.45, 2.75) is 19.4 Å². The number of carboxylic acid groups (broad SMARTS) is 1. The molecule has 6 heteroatoms. The van der Waals surface area contributed by atoms with Crippen LogP contribution in [0.5, 0.6) is 17.2 Å². The van der Waals surface area contributed by atoms with E-state index in [0.717, 1.165) is 28.4 Å².